The summed E-state index contributed by atoms with van der Waals surface area (Å²) in [5.74, 6) is 1.26. The molecular weight excluding hydrogens is 197 g/mol. The van der Waals surface area contributed by atoms with Gasteiger partial charge in [-0.15, -0.1) is 0 Å². The molecule has 15 heavy (non-hydrogen) atoms. The molecule has 84 valence electrons. The van der Waals surface area contributed by atoms with Crippen LogP contribution in [0.4, 0.5) is 4.39 Å². The molecule has 0 fully saturated rings. The van der Waals surface area contributed by atoms with Gasteiger partial charge < -0.3 is 15.2 Å². The second kappa shape index (κ2) is 5.56. The second-order valence-corrected chi connectivity index (χ2v) is 3.23. The molecule has 1 aromatic carbocycles. The van der Waals surface area contributed by atoms with Crippen molar-refractivity contribution in [3.63, 3.8) is 0 Å². The zero-order chi connectivity index (χ0) is 11.3. The van der Waals surface area contributed by atoms with Crippen LogP contribution in [0.25, 0.3) is 0 Å². The SMILES string of the molecule is COc1ccc([C@@H](C)N)c(OCCF)c1. The maximum atomic E-state index is 12.0. The highest BCUT2D eigenvalue weighted by Crippen LogP contribution is 2.28. The lowest BCUT2D eigenvalue weighted by molar-refractivity contribution is 0.268. The van der Waals surface area contributed by atoms with E-state index in [0.717, 1.165) is 5.56 Å². The van der Waals surface area contributed by atoms with Crippen molar-refractivity contribution in [1.29, 1.82) is 0 Å². The van der Waals surface area contributed by atoms with Gasteiger partial charge in [0.05, 0.1) is 7.11 Å². The Hall–Kier alpha value is -1.29. The fourth-order valence-electron chi connectivity index (χ4n) is 1.29. The number of benzene rings is 1. The smallest absolute Gasteiger partial charge is 0.127 e. The summed E-state index contributed by atoms with van der Waals surface area (Å²) < 4.78 is 22.3. The van der Waals surface area contributed by atoms with Gasteiger partial charge in [-0.2, -0.15) is 0 Å². The normalized spacial score (nSPS) is 12.3. The van der Waals surface area contributed by atoms with Gasteiger partial charge in [0, 0.05) is 17.7 Å². The molecule has 0 heterocycles. The van der Waals surface area contributed by atoms with E-state index in [1.54, 1.807) is 19.2 Å². The number of rotatable bonds is 5. The van der Waals surface area contributed by atoms with Gasteiger partial charge in [0.25, 0.3) is 0 Å². The maximum absolute atomic E-state index is 12.0. The van der Waals surface area contributed by atoms with Gasteiger partial charge >= 0.3 is 0 Å². The van der Waals surface area contributed by atoms with Crippen LogP contribution in [0.2, 0.25) is 0 Å². The Bertz CT molecular complexity index is 315. The van der Waals surface area contributed by atoms with Crippen LogP contribution in [0.5, 0.6) is 11.5 Å². The molecule has 0 unspecified atom stereocenters. The van der Waals surface area contributed by atoms with Crippen molar-refractivity contribution in [3.05, 3.63) is 23.8 Å². The van der Waals surface area contributed by atoms with Crippen molar-refractivity contribution >= 4 is 0 Å². The van der Waals surface area contributed by atoms with E-state index in [0.29, 0.717) is 11.5 Å². The van der Waals surface area contributed by atoms with E-state index >= 15 is 0 Å². The molecule has 0 aliphatic carbocycles. The third-order valence-electron chi connectivity index (χ3n) is 2.05. The predicted molar refractivity (Wildman–Crippen MR) is 57.1 cm³/mol. The number of halogens is 1. The van der Waals surface area contributed by atoms with Crippen LogP contribution in [-0.2, 0) is 0 Å². The van der Waals surface area contributed by atoms with Gasteiger partial charge in [-0.3, -0.25) is 0 Å². The zero-order valence-electron chi connectivity index (χ0n) is 9.00. The molecule has 1 atom stereocenters. The van der Waals surface area contributed by atoms with E-state index in [1.165, 1.54) is 0 Å². The molecule has 1 rings (SSSR count). The lowest BCUT2D eigenvalue weighted by atomic mass is 10.1. The number of hydrogen-bond donors (Lipinski definition) is 1. The Morgan fingerprint density at radius 3 is 2.73 bits per heavy atom. The fraction of sp³-hybridized carbons (Fsp3) is 0.455. The van der Waals surface area contributed by atoms with Crippen LogP contribution in [-0.4, -0.2) is 20.4 Å². The van der Waals surface area contributed by atoms with Crippen LogP contribution in [0.15, 0.2) is 18.2 Å². The minimum absolute atomic E-state index is 0.0346. The Labute approximate surface area is 89.0 Å². The number of methoxy groups -OCH3 is 1. The minimum Gasteiger partial charge on any atom is -0.497 e. The van der Waals surface area contributed by atoms with Crippen molar-refractivity contribution in [1.82, 2.24) is 0 Å². The Morgan fingerprint density at radius 1 is 1.47 bits per heavy atom. The van der Waals surface area contributed by atoms with Crippen LogP contribution in [0.1, 0.15) is 18.5 Å². The molecule has 0 amide bonds. The highest BCUT2D eigenvalue weighted by molar-refractivity contribution is 5.42. The van der Waals surface area contributed by atoms with Gasteiger partial charge in [-0.25, -0.2) is 4.39 Å². The lowest BCUT2D eigenvalue weighted by Crippen LogP contribution is -2.09. The summed E-state index contributed by atoms with van der Waals surface area (Å²) in [5, 5.41) is 0. The molecule has 0 radical (unpaired) electrons. The van der Waals surface area contributed by atoms with Crippen LogP contribution >= 0.6 is 0 Å². The predicted octanol–water partition coefficient (Wildman–Crippen LogP) is 2.06. The van der Waals surface area contributed by atoms with Gasteiger partial charge in [-0.1, -0.05) is 6.07 Å². The van der Waals surface area contributed by atoms with Crippen LogP contribution in [0.3, 0.4) is 0 Å². The van der Waals surface area contributed by atoms with Gasteiger partial charge in [0.15, 0.2) is 0 Å². The van der Waals surface area contributed by atoms with Gasteiger partial charge in [-0.05, 0) is 13.0 Å². The van der Waals surface area contributed by atoms with Crippen molar-refractivity contribution in [3.8, 4) is 11.5 Å². The largest absolute Gasteiger partial charge is 0.497 e. The summed E-state index contributed by atoms with van der Waals surface area (Å²) in [5.41, 5.74) is 6.61. The summed E-state index contributed by atoms with van der Waals surface area (Å²) in [6.45, 7) is 1.37. The zero-order valence-corrected chi connectivity index (χ0v) is 9.00. The van der Waals surface area contributed by atoms with Crippen molar-refractivity contribution in [2.75, 3.05) is 20.4 Å². The number of ether oxygens (including phenoxy) is 2. The highest BCUT2D eigenvalue weighted by atomic mass is 19.1. The van der Waals surface area contributed by atoms with Gasteiger partial charge in [0.1, 0.15) is 24.8 Å². The van der Waals surface area contributed by atoms with Crippen molar-refractivity contribution in [2.24, 2.45) is 5.73 Å². The molecule has 0 saturated carbocycles. The average molecular weight is 213 g/mol. The molecule has 0 spiro atoms. The monoisotopic (exact) mass is 213 g/mol. The Morgan fingerprint density at radius 2 is 2.20 bits per heavy atom. The Kier molecular flexibility index (Phi) is 4.37. The third-order valence-corrected chi connectivity index (χ3v) is 2.05. The summed E-state index contributed by atoms with van der Waals surface area (Å²) in [7, 11) is 1.57. The quantitative estimate of drug-likeness (QED) is 0.814. The molecule has 0 aliphatic rings. The van der Waals surface area contributed by atoms with Gasteiger partial charge in [0.2, 0.25) is 0 Å². The summed E-state index contributed by atoms with van der Waals surface area (Å²) in [6.07, 6.45) is 0. The lowest BCUT2D eigenvalue weighted by Gasteiger charge is -2.14. The molecule has 0 saturated heterocycles. The van der Waals surface area contributed by atoms with Crippen LogP contribution in [0, 0.1) is 0 Å². The topological polar surface area (TPSA) is 44.5 Å². The average Bonchev–Trinajstić information content (AvgIpc) is 2.25. The van der Waals surface area contributed by atoms with E-state index in [1.807, 2.05) is 13.0 Å². The summed E-state index contributed by atoms with van der Waals surface area (Å²) in [6, 6.07) is 5.21. The second-order valence-electron chi connectivity index (χ2n) is 3.23. The first-order chi connectivity index (χ1) is 7.19. The fourth-order valence-corrected chi connectivity index (χ4v) is 1.29. The number of hydrogen-bond acceptors (Lipinski definition) is 3. The molecule has 4 heteroatoms. The first kappa shape index (κ1) is 11.8. The van der Waals surface area contributed by atoms with E-state index in [9.17, 15) is 4.39 Å². The number of alkyl halides is 1. The first-order valence-electron chi connectivity index (χ1n) is 4.81. The van der Waals surface area contributed by atoms with Crippen LogP contribution < -0.4 is 15.2 Å². The number of nitrogens with two attached hydrogens (primary N) is 1. The summed E-state index contributed by atoms with van der Waals surface area (Å²) >= 11 is 0. The molecule has 3 nitrogen and oxygen atoms in total. The third kappa shape index (κ3) is 3.09. The molecular formula is C11H16FNO2. The molecule has 0 aromatic heterocycles. The molecule has 0 bridgehead atoms. The molecule has 1 aromatic rings. The first-order valence-corrected chi connectivity index (χ1v) is 4.81. The van der Waals surface area contributed by atoms with Crippen molar-refractivity contribution < 1.29 is 13.9 Å². The van der Waals surface area contributed by atoms with E-state index in [2.05, 4.69) is 0 Å². The Balaban J connectivity index is 2.94. The summed E-state index contributed by atoms with van der Waals surface area (Å²) in [4.78, 5) is 0. The van der Waals surface area contributed by atoms with E-state index < -0.39 is 6.67 Å². The standard InChI is InChI=1S/C11H16FNO2/c1-8(13)10-4-3-9(14-2)7-11(10)15-6-5-12/h3-4,7-8H,5-6,13H2,1-2H3/t8-/m1/s1. The highest BCUT2D eigenvalue weighted by Gasteiger charge is 2.09. The van der Waals surface area contributed by atoms with Crippen molar-refractivity contribution in [2.45, 2.75) is 13.0 Å². The minimum atomic E-state index is -0.518. The van der Waals surface area contributed by atoms with E-state index in [4.69, 9.17) is 15.2 Å². The molecule has 2 N–H and O–H groups in total. The van der Waals surface area contributed by atoms with E-state index in [-0.39, 0.29) is 12.6 Å². The molecule has 0 aliphatic heterocycles. The maximum Gasteiger partial charge on any atom is 0.127 e.